The van der Waals surface area contributed by atoms with Crippen LogP contribution in [-0.2, 0) is 14.3 Å². The largest absolute Gasteiger partial charge is 0.463 e. The van der Waals surface area contributed by atoms with Gasteiger partial charge in [0.1, 0.15) is 0 Å². The fourth-order valence-electron chi connectivity index (χ4n) is 2.57. The second kappa shape index (κ2) is 9.52. The molecule has 6 heteroatoms. The van der Waals surface area contributed by atoms with E-state index < -0.39 is 6.04 Å². The van der Waals surface area contributed by atoms with Crippen LogP contribution in [0.1, 0.15) is 49.2 Å². The Balaban J connectivity index is 2.12. The predicted molar refractivity (Wildman–Crippen MR) is 103 cm³/mol. The maximum atomic E-state index is 12.6. The molecule has 2 rings (SSSR count). The minimum absolute atomic E-state index is 0.0396. The molecule has 2 aromatic rings. The first-order valence-corrected chi connectivity index (χ1v) is 8.78. The van der Waals surface area contributed by atoms with E-state index in [-0.39, 0.29) is 30.3 Å². The summed E-state index contributed by atoms with van der Waals surface area (Å²) in [6, 6.07) is 15.3. The molecule has 142 valence electrons. The highest BCUT2D eigenvalue weighted by Crippen LogP contribution is 2.19. The van der Waals surface area contributed by atoms with Gasteiger partial charge in [0, 0.05) is 18.2 Å². The van der Waals surface area contributed by atoms with Crippen LogP contribution in [0.5, 0.6) is 0 Å². The third-order valence-electron chi connectivity index (χ3n) is 3.71. The molecule has 0 fully saturated rings. The van der Waals surface area contributed by atoms with Gasteiger partial charge in [-0.1, -0.05) is 30.3 Å². The van der Waals surface area contributed by atoms with Gasteiger partial charge < -0.3 is 15.4 Å². The molecule has 0 bridgehead atoms. The Hall–Kier alpha value is -3.15. The smallest absolute Gasteiger partial charge is 0.308 e. The van der Waals surface area contributed by atoms with Crippen molar-refractivity contribution in [2.75, 3.05) is 5.32 Å². The Labute approximate surface area is 158 Å². The maximum absolute atomic E-state index is 12.6. The highest BCUT2D eigenvalue weighted by molar-refractivity contribution is 5.96. The van der Waals surface area contributed by atoms with E-state index >= 15 is 0 Å². The van der Waals surface area contributed by atoms with Crippen LogP contribution < -0.4 is 10.6 Å². The zero-order valence-electron chi connectivity index (χ0n) is 15.7. The molecule has 0 aliphatic heterocycles. The number of benzene rings is 2. The lowest BCUT2D eigenvalue weighted by Gasteiger charge is -2.19. The number of carbonyl (C=O) groups is 3. The van der Waals surface area contributed by atoms with Crippen molar-refractivity contribution in [3.8, 4) is 0 Å². The Morgan fingerprint density at radius 1 is 0.963 bits per heavy atom. The number of rotatable bonds is 7. The summed E-state index contributed by atoms with van der Waals surface area (Å²) in [7, 11) is 0. The van der Waals surface area contributed by atoms with Gasteiger partial charge in [-0.3, -0.25) is 14.4 Å². The second-order valence-corrected chi connectivity index (χ2v) is 6.44. The van der Waals surface area contributed by atoms with Gasteiger partial charge in [-0.05, 0) is 43.7 Å². The molecule has 2 amide bonds. The van der Waals surface area contributed by atoms with Crippen molar-refractivity contribution >= 4 is 23.5 Å². The number of nitrogens with one attached hydrogen (secondary N) is 2. The standard InChI is InChI=1S/C21H24N2O4/c1-14(2)27-20(25)13-19(16-7-5-4-6-8-16)23-21(26)17-9-11-18(12-10-17)22-15(3)24/h4-12,14,19H,13H2,1-3H3,(H,22,24)(H,23,26). The number of anilines is 1. The molecule has 0 aliphatic carbocycles. The fraction of sp³-hybridized carbons (Fsp3) is 0.286. The van der Waals surface area contributed by atoms with Gasteiger partial charge in [0.15, 0.2) is 0 Å². The molecule has 27 heavy (non-hydrogen) atoms. The molecular weight excluding hydrogens is 344 g/mol. The Kier molecular flexibility index (Phi) is 7.11. The monoisotopic (exact) mass is 368 g/mol. The maximum Gasteiger partial charge on any atom is 0.308 e. The van der Waals surface area contributed by atoms with Crippen molar-refractivity contribution in [1.29, 1.82) is 0 Å². The number of amides is 2. The third-order valence-corrected chi connectivity index (χ3v) is 3.71. The van der Waals surface area contributed by atoms with E-state index in [0.717, 1.165) is 5.56 Å². The summed E-state index contributed by atoms with van der Waals surface area (Å²) < 4.78 is 5.21. The van der Waals surface area contributed by atoms with E-state index in [1.807, 2.05) is 30.3 Å². The normalized spacial score (nSPS) is 11.6. The summed E-state index contributed by atoms with van der Waals surface area (Å²) in [5.41, 5.74) is 1.86. The molecule has 2 N–H and O–H groups in total. The summed E-state index contributed by atoms with van der Waals surface area (Å²) in [6.07, 6.45) is -0.177. The molecule has 0 heterocycles. The minimum atomic E-state index is -0.500. The Morgan fingerprint density at radius 2 is 1.59 bits per heavy atom. The average molecular weight is 368 g/mol. The SMILES string of the molecule is CC(=O)Nc1ccc(C(=O)NC(CC(=O)OC(C)C)c2ccccc2)cc1. The number of esters is 1. The van der Waals surface area contributed by atoms with E-state index in [4.69, 9.17) is 4.74 Å². The van der Waals surface area contributed by atoms with Gasteiger partial charge in [-0.25, -0.2) is 0 Å². The Morgan fingerprint density at radius 3 is 2.15 bits per heavy atom. The summed E-state index contributed by atoms with van der Waals surface area (Å²) in [6.45, 7) is 4.98. The van der Waals surface area contributed by atoms with Gasteiger partial charge >= 0.3 is 5.97 Å². The van der Waals surface area contributed by atoms with Crippen LogP contribution in [-0.4, -0.2) is 23.9 Å². The second-order valence-electron chi connectivity index (χ2n) is 6.44. The quantitative estimate of drug-likeness (QED) is 0.733. The molecule has 1 unspecified atom stereocenters. The highest BCUT2D eigenvalue weighted by atomic mass is 16.5. The molecule has 0 saturated heterocycles. The number of carbonyl (C=O) groups excluding carboxylic acids is 3. The van der Waals surface area contributed by atoms with Crippen LogP contribution in [0.25, 0.3) is 0 Å². The van der Waals surface area contributed by atoms with Gasteiger partial charge in [0.05, 0.1) is 18.6 Å². The minimum Gasteiger partial charge on any atom is -0.463 e. The van der Waals surface area contributed by atoms with Crippen LogP contribution in [0, 0.1) is 0 Å². The first-order valence-electron chi connectivity index (χ1n) is 8.78. The number of hydrogen-bond acceptors (Lipinski definition) is 4. The topological polar surface area (TPSA) is 84.5 Å². The van der Waals surface area contributed by atoms with Crippen molar-refractivity contribution in [1.82, 2.24) is 5.32 Å². The van der Waals surface area contributed by atoms with Crippen LogP contribution in [0.3, 0.4) is 0 Å². The van der Waals surface area contributed by atoms with Crippen molar-refractivity contribution in [3.63, 3.8) is 0 Å². The molecule has 2 aromatic carbocycles. The molecule has 1 atom stereocenters. The first kappa shape index (κ1) is 20.2. The van der Waals surface area contributed by atoms with Crippen molar-refractivity contribution in [3.05, 3.63) is 65.7 Å². The first-order chi connectivity index (χ1) is 12.8. The van der Waals surface area contributed by atoms with Gasteiger partial charge in [-0.15, -0.1) is 0 Å². The number of ether oxygens (including phenoxy) is 1. The average Bonchev–Trinajstić information content (AvgIpc) is 2.61. The van der Waals surface area contributed by atoms with E-state index in [0.29, 0.717) is 11.3 Å². The summed E-state index contributed by atoms with van der Waals surface area (Å²) in [5.74, 6) is -0.865. The highest BCUT2D eigenvalue weighted by Gasteiger charge is 2.20. The molecule has 0 spiro atoms. The summed E-state index contributed by atoms with van der Waals surface area (Å²) in [4.78, 5) is 35.8. The molecule has 0 radical (unpaired) electrons. The van der Waals surface area contributed by atoms with E-state index in [9.17, 15) is 14.4 Å². The lowest BCUT2D eigenvalue weighted by Crippen LogP contribution is -2.31. The van der Waals surface area contributed by atoms with Crippen LogP contribution >= 0.6 is 0 Å². The van der Waals surface area contributed by atoms with Crippen LogP contribution in [0.2, 0.25) is 0 Å². The van der Waals surface area contributed by atoms with E-state index in [1.54, 1.807) is 38.1 Å². The van der Waals surface area contributed by atoms with E-state index in [2.05, 4.69) is 10.6 Å². The van der Waals surface area contributed by atoms with Crippen molar-refractivity contribution < 1.29 is 19.1 Å². The lowest BCUT2D eigenvalue weighted by atomic mass is 10.0. The van der Waals surface area contributed by atoms with Gasteiger partial charge in [0.25, 0.3) is 5.91 Å². The molecule has 0 aromatic heterocycles. The van der Waals surface area contributed by atoms with Gasteiger partial charge in [-0.2, -0.15) is 0 Å². The lowest BCUT2D eigenvalue weighted by molar-refractivity contribution is -0.148. The number of hydrogen-bond donors (Lipinski definition) is 2. The zero-order valence-corrected chi connectivity index (χ0v) is 15.7. The fourth-order valence-corrected chi connectivity index (χ4v) is 2.57. The van der Waals surface area contributed by atoms with Crippen LogP contribution in [0.4, 0.5) is 5.69 Å². The molecule has 0 saturated carbocycles. The predicted octanol–water partition coefficient (Wildman–Crippen LogP) is 3.46. The Bertz CT molecular complexity index is 786. The molecule has 0 aliphatic rings. The molecular formula is C21H24N2O4. The van der Waals surface area contributed by atoms with Crippen molar-refractivity contribution in [2.45, 2.75) is 39.3 Å². The van der Waals surface area contributed by atoms with Gasteiger partial charge in [0.2, 0.25) is 5.91 Å². The summed E-state index contributed by atoms with van der Waals surface area (Å²) >= 11 is 0. The third kappa shape index (κ3) is 6.58. The van der Waals surface area contributed by atoms with Crippen LogP contribution in [0.15, 0.2) is 54.6 Å². The van der Waals surface area contributed by atoms with E-state index in [1.165, 1.54) is 6.92 Å². The zero-order chi connectivity index (χ0) is 19.8. The molecule has 6 nitrogen and oxygen atoms in total. The van der Waals surface area contributed by atoms with Crippen molar-refractivity contribution in [2.24, 2.45) is 0 Å². The summed E-state index contributed by atoms with van der Waals surface area (Å²) in [5, 5.41) is 5.54.